The molecule has 0 saturated heterocycles. The average Bonchev–Trinajstić information content (AvgIpc) is 2.68. The van der Waals surface area contributed by atoms with Crippen LogP contribution >= 0.6 is 38.5 Å². The van der Waals surface area contributed by atoms with Gasteiger partial charge in [0.2, 0.25) is 0 Å². The second kappa shape index (κ2) is 2.99. The third-order valence-electron chi connectivity index (χ3n) is 2.24. The summed E-state index contributed by atoms with van der Waals surface area (Å²) >= 11 is 5.80. The van der Waals surface area contributed by atoms with Crippen LogP contribution in [-0.2, 0) is 6.54 Å². The molecule has 0 unspecified atom stereocenters. The maximum Gasteiger partial charge on any atom is 0.182 e. The molecule has 4 nitrogen and oxygen atoms in total. The van der Waals surface area contributed by atoms with E-state index < -0.39 is 0 Å². The molecule has 0 fully saturated rings. The third-order valence-corrected chi connectivity index (χ3v) is 4.53. The molecule has 2 heterocycles. The summed E-state index contributed by atoms with van der Waals surface area (Å²) in [5.74, 6) is 0.866. The van der Waals surface area contributed by atoms with Crippen molar-refractivity contribution in [3.8, 4) is 11.4 Å². The molecular formula is C8H4BrIN4. The minimum Gasteiger partial charge on any atom is -0.221 e. The summed E-state index contributed by atoms with van der Waals surface area (Å²) in [6.45, 7) is 0.771. The lowest BCUT2D eigenvalue weighted by molar-refractivity contribution is 0.670. The first-order chi connectivity index (χ1) is 6.75. The summed E-state index contributed by atoms with van der Waals surface area (Å²) in [5.41, 5.74) is 2.39. The normalized spacial score (nSPS) is 12.7. The molecule has 0 saturated carbocycles. The summed E-state index contributed by atoms with van der Waals surface area (Å²) in [5, 5.41) is 11.5. The maximum absolute atomic E-state index is 3.99. The second-order valence-electron chi connectivity index (χ2n) is 3.08. The van der Waals surface area contributed by atoms with E-state index in [9.17, 15) is 0 Å². The van der Waals surface area contributed by atoms with Crippen LogP contribution in [0.25, 0.3) is 11.4 Å². The van der Waals surface area contributed by atoms with Crippen LogP contribution in [0.15, 0.2) is 16.6 Å². The highest BCUT2D eigenvalue weighted by Gasteiger charge is 2.22. The van der Waals surface area contributed by atoms with E-state index in [1.807, 2.05) is 4.68 Å². The number of hydrogen-bond donors (Lipinski definition) is 0. The zero-order valence-corrected chi connectivity index (χ0v) is 10.7. The number of aromatic nitrogens is 4. The first kappa shape index (κ1) is 8.78. The second-order valence-corrected chi connectivity index (χ2v) is 5.10. The molecule has 2 aromatic rings. The third kappa shape index (κ3) is 1.13. The summed E-state index contributed by atoms with van der Waals surface area (Å²) in [6.07, 6.45) is 0. The monoisotopic (exact) mass is 362 g/mol. The molecule has 70 valence electrons. The van der Waals surface area contributed by atoms with Gasteiger partial charge < -0.3 is 0 Å². The Morgan fingerprint density at radius 2 is 2.29 bits per heavy atom. The van der Waals surface area contributed by atoms with Crippen LogP contribution < -0.4 is 0 Å². The molecule has 0 amide bonds. The van der Waals surface area contributed by atoms with Crippen LogP contribution in [-0.4, -0.2) is 20.2 Å². The summed E-state index contributed by atoms with van der Waals surface area (Å²) in [4.78, 5) is 0. The van der Waals surface area contributed by atoms with Crippen molar-refractivity contribution in [1.82, 2.24) is 20.2 Å². The molecule has 0 spiro atoms. The lowest BCUT2D eigenvalue weighted by Crippen LogP contribution is -1.95. The fourth-order valence-corrected chi connectivity index (χ4v) is 2.45. The van der Waals surface area contributed by atoms with Crippen LogP contribution in [0.4, 0.5) is 0 Å². The quantitative estimate of drug-likeness (QED) is 0.575. The standard InChI is InChI=1S/C8H4BrIN4/c9-6-1-4-3-14-8(11-12-13-14)5(4)2-7(6)10/h1-2H,3H2. The van der Waals surface area contributed by atoms with Crippen molar-refractivity contribution >= 4 is 38.5 Å². The van der Waals surface area contributed by atoms with Gasteiger partial charge in [-0.15, -0.1) is 5.10 Å². The van der Waals surface area contributed by atoms with Gasteiger partial charge in [-0.25, -0.2) is 4.68 Å². The van der Waals surface area contributed by atoms with Gasteiger partial charge in [0.1, 0.15) is 0 Å². The highest BCUT2D eigenvalue weighted by atomic mass is 127. The van der Waals surface area contributed by atoms with Crippen LogP contribution in [0.3, 0.4) is 0 Å². The Morgan fingerprint density at radius 1 is 1.43 bits per heavy atom. The molecule has 6 heteroatoms. The van der Waals surface area contributed by atoms with E-state index in [-0.39, 0.29) is 0 Å². The smallest absolute Gasteiger partial charge is 0.182 e. The minimum absolute atomic E-state index is 0.771. The highest BCUT2D eigenvalue weighted by molar-refractivity contribution is 14.1. The zero-order chi connectivity index (χ0) is 9.71. The van der Waals surface area contributed by atoms with E-state index in [4.69, 9.17) is 0 Å². The molecule has 0 bridgehead atoms. The first-order valence-corrected chi connectivity index (χ1v) is 5.87. The lowest BCUT2D eigenvalue weighted by Gasteiger charge is -2.00. The number of fused-ring (bicyclic) bond motifs is 3. The Kier molecular flexibility index (Phi) is 1.88. The SMILES string of the molecule is Brc1cc2c(cc1I)-c1nnnn1C2. The van der Waals surface area contributed by atoms with E-state index in [2.05, 4.69) is 66.2 Å². The van der Waals surface area contributed by atoms with Gasteiger partial charge in [-0.2, -0.15) is 0 Å². The fraction of sp³-hybridized carbons (Fsp3) is 0.125. The lowest BCUT2D eigenvalue weighted by atomic mass is 10.1. The van der Waals surface area contributed by atoms with Crippen molar-refractivity contribution in [2.45, 2.75) is 6.54 Å². The molecule has 1 aliphatic heterocycles. The predicted octanol–water partition coefficient (Wildman–Crippen LogP) is 2.07. The molecule has 0 atom stereocenters. The molecule has 1 aliphatic rings. The van der Waals surface area contributed by atoms with Crippen molar-refractivity contribution in [2.24, 2.45) is 0 Å². The Hall–Kier alpha value is -0.500. The molecule has 1 aromatic heterocycles. The minimum atomic E-state index is 0.771. The van der Waals surface area contributed by atoms with E-state index in [0.717, 1.165) is 22.4 Å². The number of hydrogen-bond acceptors (Lipinski definition) is 3. The number of nitrogens with zero attached hydrogens (tertiary/aromatic N) is 4. The molecule has 0 N–H and O–H groups in total. The average molecular weight is 363 g/mol. The van der Waals surface area contributed by atoms with Gasteiger partial charge in [0.05, 0.1) is 6.54 Å². The van der Waals surface area contributed by atoms with Crippen LogP contribution in [0.2, 0.25) is 0 Å². The van der Waals surface area contributed by atoms with Gasteiger partial charge in [0.15, 0.2) is 5.82 Å². The van der Waals surface area contributed by atoms with Crippen LogP contribution in [0.5, 0.6) is 0 Å². The fourth-order valence-electron chi connectivity index (χ4n) is 1.59. The van der Waals surface area contributed by atoms with Crippen molar-refractivity contribution in [1.29, 1.82) is 0 Å². The number of halogens is 2. The topological polar surface area (TPSA) is 43.6 Å². The van der Waals surface area contributed by atoms with E-state index in [1.165, 1.54) is 9.13 Å². The van der Waals surface area contributed by atoms with E-state index in [0.29, 0.717) is 0 Å². The zero-order valence-electron chi connectivity index (χ0n) is 6.91. The Labute approximate surface area is 102 Å². The molecular weight excluding hydrogens is 359 g/mol. The van der Waals surface area contributed by atoms with E-state index in [1.54, 1.807) is 0 Å². The number of tetrazole rings is 1. The number of rotatable bonds is 0. The van der Waals surface area contributed by atoms with Gasteiger partial charge in [-0.1, -0.05) is 0 Å². The first-order valence-electron chi connectivity index (χ1n) is 4.00. The summed E-state index contributed by atoms with van der Waals surface area (Å²) in [7, 11) is 0. The van der Waals surface area contributed by atoms with Gasteiger partial charge in [-0.05, 0) is 66.6 Å². The van der Waals surface area contributed by atoms with Gasteiger partial charge in [-0.3, -0.25) is 0 Å². The van der Waals surface area contributed by atoms with Crippen molar-refractivity contribution in [3.05, 3.63) is 25.7 Å². The largest absolute Gasteiger partial charge is 0.221 e. The Bertz CT molecular complexity index is 522. The molecule has 0 aliphatic carbocycles. The molecule has 1 aromatic carbocycles. The molecule has 14 heavy (non-hydrogen) atoms. The van der Waals surface area contributed by atoms with Crippen molar-refractivity contribution < 1.29 is 0 Å². The summed E-state index contributed by atoms with van der Waals surface area (Å²) < 4.78 is 4.11. The van der Waals surface area contributed by atoms with Gasteiger partial charge >= 0.3 is 0 Å². The van der Waals surface area contributed by atoms with Crippen molar-refractivity contribution in [2.75, 3.05) is 0 Å². The number of benzene rings is 1. The molecule has 3 rings (SSSR count). The predicted molar refractivity (Wildman–Crippen MR) is 62.8 cm³/mol. The van der Waals surface area contributed by atoms with Gasteiger partial charge in [0, 0.05) is 13.6 Å². The maximum atomic E-state index is 3.99. The van der Waals surface area contributed by atoms with E-state index >= 15 is 0 Å². The van der Waals surface area contributed by atoms with Gasteiger partial charge in [0.25, 0.3) is 0 Å². The summed E-state index contributed by atoms with van der Waals surface area (Å²) in [6, 6.07) is 4.22. The van der Waals surface area contributed by atoms with Crippen molar-refractivity contribution in [3.63, 3.8) is 0 Å². The molecule has 0 radical (unpaired) electrons. The Balaban J connectivity index is 2.30. The van der Waals surface area contributed by atoms with Crippen LogP contribution in [0.1, 0.15) is 5.56 Å². The highest BCUT2D eigenvalue weighted by Crippen LogP contribution is 2.33. The Morgan fingerprint density at radius 3 is 3.14 bits per heavy atom. The van der Waals surface area contributed by atoms with Crippen LogP contribution in [0, 0.1) is 3.57 Å².